The van der Waals surface area contributed by atoms with Crippen molar-refractivity contribution in [3.8, 4) is 28.4 Å². The fourth-order valence-electron chi connectivity index (χ4n) is 11.1. The van der Waals surface area contributed by atoms with Crippen LogP contribution in [-0.2, 0) is 42.7 Å². The van der Waals surface area contributed by atoms with Gasteiger partial charge in [-0.25, -0.2) is 4.98 Å². The first-order chi connectivity index (χ1) is 35.7. The van der Waals surface area contributed by atoms with Gasteiger partial charge >= 0.3 is 0 Å². The molecule has 0 bridgehead atoms. The molecule has 5 nitrogen and oxygen atoms in total. The summed E-state index contributed by atoms with van der Waals surface area (Å²) in [5, 5.41) is 9.35. The third kappa shape index (κ3) is 8.81. The molecule has 0 N–H and O–H groups in total. The molecule has 12 rings (SSSR count). The van der Waals surface area contributed by atoms with Crippen LogP contribution in [0, 0.1) is 18.8 Å². The van der Waals surface area contributed by atoms with E-state index in [0.29, 0.717) is 11.5 Å². The van der Waals surface area contributed by atoms with E-state index in [4.69, 9.17) is 9.72 Å². The molecule has 0 atom stereocenters. The van der Waals surface area contributed by atoms with Crippen molar-refractivity contribution in [3.63, 3.8) is 0 Å². The van der Waals surface area contributed by atoms with Gasteiger partial charge in [-0.1, -0.05) is 203 Å². The number of hydrogen-bond donors (Lipinski definition) is 0. The van der Waals surface area contributed by atoms with Crippen LogP contribution in [0.15, 0.2) is 170 Å². The number of nitrogens with zero attached hydrogens (tertiary/aromatic N) is 4. The van der Waals surface area contributed by atoms with Crippen LogP contribution in [0.3, 0.4) is 0 Å². The predicted molar refractivity (Wildman–Crippen MR) is 317 cm³/mol. The molecule has 1 aliphatic heterocycles. The fourth-order valence-corrected chi connectivity index (χ4v) is 11.1. The monoisotopic (exact) mass is 1170 g/mol. The first-order valence-electron chi connectivity index (χ1n) is 26.4. The summed E-state index contributed by atoms with van der Waals surface area (Å²) >= 11 is 0. The number of fused-ring (bicyclic) bond motifs is 10. The summed E-state index contributed by atoms with van der Waals surface area (Å²) in [6.45, 7) is 29.7. The van der Waals surface area contributed by atoms with Crippen LogP contribution in [0.2, 0.25) is 0 Å². The molecule has 8 aromatic carbocycles. The summed E-state index contributed by atoms with van der Waals surface area (Å²) in [7, 11) is 0. The van der Waals surface area contributed by atoms with Crippen LogP contribution in [0.1, 0.15) is 105 Å². The molecular formula is C70H65N4OPt-3. The second-order valence-electron chi connectivity index (χ2n) is 24.7. The summed E-state index contributed by atoms with van der Waals surface area (Å²) < 4.78 is 11.5. The van der Waals surface area contributed by atoms with Crippen molar-refractivity contribution in [2.24, 2.45) is 0 Å². The van der Waals surface area contributed by atoms with Gasteiger partial charge in [0, 0.05) is 50.0 Å². The average molecular weight is 1170 g/mol. The molecule has 0 amide bonds. The first-order valence-corrected chi connectivity index (χ1v) is 26.4. The number of para-hydroxylation sites is 2. The van der Waals surface area contributed by atoms with Gasteiger partial charge in [-0.3, -0.25) is 0 Å². The third-order valence-corrected chi connectivity index (χ3v) is 15.3. The Hall–Kier alpha value is -7.33. The maximum Gasteiger partial charge on any atom is 0.135 e. The van der Waals surface area contributed by atoms with Gasteiger partial charge in [0.2, 0.25) is 0 Å². The number of benzene rings is 8. The van der Waals surface area contributed by atoms with Crippen LogP contribution in [0.4, 0.5) is 11.4 Å². The van der Waals surface area contributed by atoms with Gasteiger partial charge in [0.25, 0.3) is 0 Å². The summed E-state index contributed by atoms with van der Waals surface area (Å²) in [5.41, 5.74) is 13.5. The molecule has 76 heavy (non-hydrogen) atoms. The predicted octanol–water partition coefficient (Wildman–Crippen LogP) is 19.1. The van der Waals surface area contributed by atoms with Gasteiger partial charge in [-0.2, -0.15) is 12.1 Å². The Bertz CT molecular complexity index is 4150. The van der Waals surface area contributed by atoms with Crippen LogP contribution < -0.4 is 9.64 Å². The van der Waals surface area contributed by atoms with Crippen molar-refractivity contribution >= 4 is 76.5 Å². The molecule has 6 heteroatoms. The molecule has 0 radical (unpaired) electrons. The number of hydrogen-bond acceptors (Lipinski definition) is 3. The minimum atomic E-state index is -0.0580. The zero-order chi connectivity index (χ0) is 52.3. The number of aromatic nitrogens is 3. The maximum atomic E-state index is 6.86. The van der Waals surface area contributed by atoms with Gasteiger partial charge in [0.1, 0.15) is 5.82 Å². The van der Waals surface area contributed by atoms with Crippen molar-refractivity contribution < 1.29 is 25.8 Å². The van der Waals surface area contributed by atoms with Gasteiger partial charge in [-0.05, 0) is 135 Å². The third-order valence-electron chi connectivity index (χ3n) is 15.3. The number of ether oxygens (including phenoxy) is 1. The Morgan fingerprint density at radius 3 is 1.63 bits per heavy atom. The van der Waals surface area contributed by atoms with E-state index < -0.39 is 0 Å². The molecule has 3 aromatic heterocycles. The van der Waals surface area contributed by atoms with Crippen LogP contribution in [0.5, 0.6) is 11.5 Å². The van der Waals surface area contributed by atoms with Gasteiger partial charge < -0.3 is 18.8 Å². The van der Waals surface area contributed by atoms with Crippen molar-refractivity contribution in [1.82, 2.24) is 14.1 Å². The second-order valence-corrected chi connectivity index (χ2v) is 24.7. The van der Waals surface area contributed by atoms with Crippen LogP contribution >= 0.6 is 0 Å². The number of anilines is 2. The van der Waals surface area contributed by atoms with E-state index in [1.807, 2.05) is 18.3 Å². The summed E-state index contributed by atoms with van der Waals surface area (Å²) in [6, 6.07) is 67.6. The summed E-state index contributed by atoms with van der Waals surface area (Å²) in [6.07, 6.45) is 1.92. The Morgan fingerprint density at radius 1 is 0.447 bits per heavy atom. The molecule has 0 aliphatic carbocycles. The van der Waals surface area contributed by atoms with E-state index in [9.17, 15) is 0 Å². The topological polar surface area (TPSA) is 35.2 Å². The van der Waals surface area contributed by atoms with Crippen molar-refractivity contribution in [3.05, 3.63) is 211 Å². The Kier molecular flexibility index (Phi) is 12.3. The van der Waals surface area contributed by atoms with Crippen molar-refractivity contribution in [2.45, 2.75) is 105 Å². The minimum Gasteiger partial charge on any atom is -0.509 e. The molecule has 0 spiro atoms. The Morgan fingerprint density at radius 2 is 1.00 bits per heavy atom. The van der Waals surface area contributed by atoms with E-state index in [1.54, 1.807) is 0 Å². The molecule has 4 heterocycles. The van der Waals surface area contributed by atoms with E-state index in [1.165, 1.54) is 54.9 Å². The van der Waals surface area contributed by atoms with E-state index >= 15 is 0 Å². The standard InChI is InChI=1S/C70H65N4O.Pt/c1-67(2,3)45-30-33-61-60(39-45)57-32-31-51(42-63(57)74(61)64-40-46(34-35-71-64)68(4,5)6)75-50-21-17-20-49(41-50)72-43-73-65-52(44-36-47(69(7,8)9)38-48(37-44)70(10,11)12)26-18-27-58(65)55-24-15-13-22-53(55)54-23-14-16-25-56(54)59-28-19-29-62(72)66(59)73;/h13-40,43H,1-12H3;/q-3;. The SMILES string of the molecule is CC(C)(C)c1cc(-c2cccc3c4ccccc4c4ccccc4c4cccc5c4n(c23)[CH-]N5c2[c-]c(Oc3[c-]c4c(cc3)c3cc(C(C)(C)C)ccc3n4-c3cc(C(C)(C)C)ccn3)ccc2)cc(C(C)(C)C)c1.[Pt]. The number of pyridine rings is 1. The summed E-state index contributed by atoms with van der Waals surface area (Å²) in [4.78, 5) is 7.24. The van der Waals surface area contributed by atoms with Gasteiger partial charge in [-0.15, -0.1) is 35.7 Å². The van der Waals surface area contributed by atoms with Crippen LogP contribution in [0.25, 0.3) is 82.1 Å². The second kappa shape index (κ2) is 18.5. The van der Waals surface area contributed by atoms with Crippen LogP contribution in [-0.4, -0.2) is 14.1 Å². The Balaban J connectivity index is 0.00000616. The fraction of sp³-hybridized carbons (Fsp3) is 0.229. The Labute approximate surface area is 462 Å². The maximum absolute atomic E-state index is 6.86. The molecule has 0 saturated heterocycles. The van der Waals surface area contributed by atoms with Gasteiger partial charge in [0.15, 0.2) is 0 Å². The molecule has 0 unspecified atom stereocenters. The minimum absolute atomic E-state index is 0. The molecule has 11 aromatic rings. The smallest absolute Gasteiger partial charge is 0.135 e. The number of rotatable bonds is 5. The first kappa shape index (κ1) is 50.8. The summed E-state index contributed by atoms with van der Waals surface area (Å²) in [5.74, 6) is 2.04. The van der Waals surface area contributed by atoms with E-state index in [-0.39, 0.29) is 42.7 Å². The molecule has 0 fully saturated rings. The molecule has 0 saturated carbocycles. The van der Waals surface area contributed by atoms with Crippen molar-refractivity contribution in [2.75, 3.05) is 4.90 Å². The van der Waals surface area contributed by atoms with E-state index in [0.717, 1.165) is 60.8 Å². The largest absolute Gasteiger partial charge is 0.509 e. The molecule has 1 aliphatic rings. The quantitative estimate of drug-likeness (QED) is 0.161. The zero-order valence-corrected chi connectivity index (χ0v) is 48.0. The normalized spacial score (nSPS) is 13.0. The molecular weight excluding hydrogens is 1110 g/mol. The van der Waals surface area contributed by atoms with Gasteiger partial charge in [0.05, 0.1) is 0 Å². The zero-order valence-electron chi connectivity index (χ0n) is 45.8. The average Bonchev–Trinajstić information content (AvgIpc) is 3.94. The van der Waals surface area contributed by atoms with E-state index in [2.05, 4.69) is 268 Å². The van der Waals surface area contributed by atoms with Crippen molar-refractivity contribution in [1.29, 1.82) is 0 Å². The molecule has 384 valence electrons.